The molecule has 1 aromatic rings. The fourth-order valence-corrected chi connectivity index (χ4v) is 1.92. The van der Waals surface area contributed by atoms with E-state index in [1.165, 1.54) is 12.0 Å². The first-order valence-electron chi connectivity index (χ1n) is 4.33. The number of hydrogen-bond acceptors (Lipinski definition) is 1. The highest BCUT2D eigenvalue weighted by molar-refractivity contribution is 7.99. The van der Waals surface area contributed by atoms with E-state index in [0.29, 0.717) is 4.75 Å². The van der Waals surface area contributed by atoms with E-state index < -0.39 is 0 Å². The summed E-state index contributed by atoms with van der Waals surface area (Å²) >= 11 is 1.93. The maximum atomic E-state index is 2.30. The van der Waals surface area contributed by atoms with Crippen molar-refractivity contribution in [2.45, 2.75) is 25.0 Å². The lowest BCUT2D eigenvalue weighted by atomic mass is 9.98. The van der Waals surface area contributed by atoms with Gasteiger partial charge in [-0.1, -0.05) is 37.3 Å². The highest BCUT2D eigenvalue weighted by Gasteiger charge is 2.21. The van der Waals surface area contributed by atoms with Gasteiger partial charge in [0, 0.05) is 4.75 Å². The second kappa shape index (κ2) is 3.99. The first kappa shape index (κ1) is 9.66. The number of benzene rings is 1. The van der Waals surface area contributed by atoms with E-state index in [9.17, 15) is 0 Å². The number of hydrogen-bond donors (Lipinski definition) is 0. The third kappa shape index (κ3) is 1.84. The summed E-state index contributed by atoms with van der Waals surface area (Å²) < 4.78 is 0.293. The molecule has 0 N–H and O–H groups in total. The van der Waals surface area contributed by atoms with Gasteiger partial charge in [0.2, 0.25) is 0 Å². The Morgan fingerprint density at radius 1 is 1.25 bits per heavy atom. The molecule has 0 aliphatic rings. The summed E-state index contributed by atoms with van der Waals surface area (Å²) in [6.07, 6.45) is 3.36. The summed E-state index contributed by atoms with van der Waals surface area (Å²) in [4.78, 5) is 0. The molecule has 1 heteroatoms. The summed E-state index contributed by atoms with van der Waals surface area (Å²) in [6, 6.07) is 10.7. The van der Waals surface area contributed by atoms with Crippen LogP contribution in [0.2, 0.25) is 0 Å². The lowest BCUT2D eigenvalue weighted by Gasteiger charge is -2.26. The van der Waals surface area contributed by atoms with Crippen LogP contribution in [0.25, 0.3) is 0 Å². The average Bonchev–Trinajstić information content (AvgIpc) is 2.18. The molecule has 0 aromatic heterocycles. The molecule has 1 rings (SSSR count). The maximum absolute atomic E-state index is 2.30. The summed E-state index contributed by atoms with van der Waals surface area (Å²) in [6.45, 7) is 4.54. The Hall–Kier alpha value is -0.430. The van der Waals surface area contributed by atoms with E-state index in [2.05, 4.69) is 50.4 Å². The van der Waals surface area contributed by atoms with Gasteiger partial charge in [0.15, 0.2) is 0 Å². The highest BCUT2D eigenvalue weighted by atomic mass is 32.2. The fraction of sp³-hybridized carbons (Fsp3) is 0.455. The van der Waals surface area contributed by atoms with Crippen molar-refractivity contribution in [3.8, 4) is 0 Å². The van der Waals surface area contributed by atoms with E-state index in [1.54, 1.807) is 0 Å². The monoisotopic (exact) mass is 180 g/mol. The Morgan fingerprint density at radius 2 is 1.83 bits per heavy atom. The molecule has 0 spiro atoms. The fourth-order valence-electron chi connectivity index (χ4n) is 1.26. The summed E-state index contributed by atoms with van der Waals surface area (Å²) in [7, 11) is 0. The standard InChI is InChI=1S/C11H16S/c1-4-11(2,12-3)10-8-6-5-7-9-10/h5-9H,4H2,1-3H3. The molecule has 0 fully saturated rings. The topological polar surface area (TPSA) is 0 Å². The van der Waals surface area contributed by atoms with Gasteiger partial charge in [0.05, 0.1) is 0 Å². The summed E-state index contributed by atoms with van der Waals surface area (Å²) in [5.41, 5.74) is 1.43. The Kier molecular flexibility index (Phi) is 3.21. The van der Waals surface area contributed by atoms with Crippen molar-refractivity contribution in [3.05, 3.63) is 35.9 Å². The first-order valence-corrected chi connectivity index (χ1v) is 5.56. The van der Waals surface area contributed by atoms with E-state index >= 15 is 0 Å². The zero-order valence-electron chi connectivity index (χ0n) is 8.00. The van der Waals surface area contributed by atoms with Crippen molar-refractivity contribution in [1.82, 2.24) is 0 Å². The average molecular weight is 180 g/mol. The van der Waals surface area contributed by atoms with Gasteiger partial charge in [-0.3, -0.25) is 0 Å². The SMILES string of the molecule is CCC(C)(SC)c1ccccc1. The Balaban J connectivity index is 2.95. The van der Waals surface area contributed by atoms with Gasteiger partial charge in [0.25, 0.3) is 0 Å². The van der Waals surface area contributed by atoms with Gasteiger partial charge in [-0.25, -0.2) is 0 Å². The molecular weight excluding hydrogens is 164 g/mol. The largest absolute Gasteiger partial charge is 0.154 e. The molecule has 0 nitrogen and oxygen atoms in total. The normalized spacial score (nSPS) is 15.6. The molecule has 0 amide bonds. The van der Waals surface area contributed by atoms with E-state index in [-0.39, 0.29) is 0 Å². The van der Waals surface area contributed by atoms with Gasteiger partial charge < -0.3 is 0 Å². The molecule has 1 unspecified atom stereocenters. The van der Waals surface area contributed by atoms with Crippen molar-refractivity contribution in [1.29, 1.82) is 0 Å². The van der Waals surface area contributed by atoms with Gasteiger partial charge in [-0.2, -0.15) is 11.8 Å². The van der Waals surface area contributed by atoms with Crippen LogP contribution in [0.15, 0.2) is 30.3 Å². The Morgan fingerprint density at radius 3 is 2.25 bits per heavy atom. The summed E-state index contributed by atoms with van der Waals surface area (Å²) in [5, 5.41) is 0. The van der Waals surface area contributed by atoms with Crippen LogP contribution in [0.4, 0.5) is 0 Å². The van der Waals surface area contributed by atoms with Crippen LogP contribution in [-0.2, 0) is 4.75 Å². The molecule has 12 heavy (non-hydrogen) atoms. The van der Waals surface area contributed by atoms with Crippen LogP contribution in [-0.4, -0.2) is 6.26 Å². The number of thioether (sulfide) groups is 1. The van der Waals surface area contributed by atoms with Crippen LogP contribution < -0.4 is 0 Å². The first-order chi connectivity index (χ1) is 5.73. The van der Waals surface area contributed by atoms with Crippen LogP contribution in [0.5, 0.6) is 0 Å². The second-order valence-corrected chi connectivity index (χ2v) is 4.46. The number of rotatable bonds is 3. The molecule has 0 aliphatic carbocycles. The summed E-state index contributed by atoms with van der Waals surface area (Å²) in [5.74, 6) is 0. The molecule has 0 saturated heterocycles. The van der Waals surface area contributed by atoms with E-state index in [4.69, 9.17) is 0 Å². The third-order valence-corrected chi connectivity index (χ3v) is 3.94. The van der Waals surface area contributed by atoms with Gasteiger partial charge >= 0.3 is 0 Å². The zero-order chi connectivity index (χ0) is 9.03. The van der Waals surface area contributed by atoms with Crippen molar-refractivity contribution >= 4 is 11.8 Å². The van der Waals surface area contributed by atoms with Crippen molar-refractivity contribution < 1.29 is 0 Å². The molecule has 1 atom stereocenters. The predicted octanol–water partition coefficient (Wildman–Crippen LogP) is 3.67. The molecule has 0 heterocycles. The Bertz CT molecular complexity index is 224. The van der Waals surface area contributed by atoms with Gasteiger partial charge in [-0.15, -0.1) is 0 Å². The van der Waals surface area contributed by atoms with Crippen molar-refractivity contribution in [2.75, 3.05) is 6.26 Å². The van der Waals surface area contributed by atoms with Crippen molar-refractivity contribution in [2.24, 2.45) is 0 Å². The quantitative estimate of drug-likeness (QED) is 0.684. The zero-order valence-corrected chi connectivity index (χ0v) is 8.82. The lowest BCUT2D eigenvalue weighted by Crippen LogP contribution is -2.14. The van der Waals surface area contributed by atoms with Crippen LogP contribution >= 0.6 is 11.8 Å². The molecule has 0 radical (unpaired) electrons. The van der Waals surface area contributed by atoms with E-state index in [1.807, 2.05) is 11.8 Å². The predicted molar refractivity (Wildman–Crippen MR) is 57.6 cm³/mol. The molecule has 0 bridgehead atoms. The minimum Gasteiger partial charge on any atom is -0.154 e. The van der Waals surface area contributed by atoms with Gasteiger partial charge in [0.1, 0.15) is 0 Å². The highest BCUT2D eigenvalue weighted by Crippen LogP contribution is 2.36. The Labute approximate surface area is 79.4 Å². The van der Waals surface area contributed by atoms with Crippen LogP contribution in [0.3, 0.4) is 0 Å². The smallest absolute Gasteiger partial charge is 0.0374 e. The minimum atomic E-state index is 0.293. The molecular formula is C11H16S. The molecule has 66 valence electrons. The molecule has 0 aliphatic heterocycles. The van der Waals surface area contributed by atoms with E-state index in [0.717, 1.165) is 0 Å². The van der Waals surface area contributed by atoms with Gasteiger partial charge in [-0.05, 0) is 25.2 Å². The van der Waals surface area contributed by atoms with Crippen LogP contribution in [0, 0.1) is 0 Å². The third-order valence-electron chi connectivity index (χ3n) is 2.51. The maximum Gasteiger partial charge on any atom is 0.0374 e. The second-order valence-electron chi connectivity index (χ2n) is 3.15. The minimum absolute atomic E-state index is 0.293. The van der Waals surface area contributed by atoms with Crippen molar-refractivity contribution in [3.63, 3.8) is 0 Å². The lowest BCUT2D eigenvalue weighted by molar-refractivity contribution is 0.667. The molecule has 0 saturated carbocycles. The molecule has 1 aromatic carbocycles. The van der Waals surface area contributed by atoms with Crippen LogP contribution in [0.1, 0.15) is 25.8 Å².